The van der Waals surface area contributed by atoms with Crippen molar-refractivity contribution in [2.75, 3.05) is 13.2 Å². The second-order valence-corrected chi connectivity index (χ2v) is 10.2. The van der Waals surface area contributed by atoms with Crippen LogP contribution >= 0.6 is 11.6 Å². The lowest BCUT2D eigenvalue weighted by Gasteiger charge is -2.54. The van der Waals surface area contributed by atoms with Gasteiger partial charge in [-0.3, -0.25) is 19.2 Å². The quantitative estimate of drug-likeness (QED) is 0.488. The molecule has 1 saturated carbocycles. The maximum Gasteiger partial charge on any atom is 0.350 e. The molecule has 7 nitrogen and oxygen atoms in total. The number of hydrogen-bond donors (Lipinski definition) is 2. The molecule has 1 aromatic rings. The Hall–Kier alpha value is -2.76. The highest BCUT2D eigenvalue weighted by Crippen LogP contribution is 2.50. The molecule has 5 atom stereocenters. The maximum atomic E-state index is 15.3. The number of benzene rings is 1. The van der Waals surface area contributed by atoms with Crippen LogP contribution in [0.15, 0.2) is 24.3 Å². The first-order chi connectivity index (χ1) is 17.4. The lowest BCUT2D eigenvalue weighted by atomic mass is 9.71. The van der Waals surface area contributed by atoms with E-state index in [1.807, 2.05) is 0 Å². The number of nitrogens with zero attached hydrogens (tertiary/aromatic N) is 1. The minimum Gasteiger partial charge on any atom is -0.356 e. The molecule has 202 valence electrons. The van der Waals surface area contributed by atoms with E-state index in [2.05, 4.69) is 10.6 Å². The van der Waals surface area contributed by atoms with Crippen molar-refractivity contribution in [3.8, 4) is 0 Å². The van der Waals surface area contributed by atoms with E-state index in [-0.39, 0.29) is 24.3 Å². The number of piperidine rings is 2. The van der Waals surface area contributed by atoms with Crippen molar-refractivity contribution in [1.29, 1.82) is 0 Å². The predicted octanol–water partition coefficient (Wildman–Crippen LogP) is 3.00. The van der Waals surface area contributed by atoms with Crippen LogP contribution in [0, 0.1) is 11.8 Å². The molecule has 3 heterocycles. The van der Waals surface area contributed by atoms with E-state index in [4.69, 9.17) is 11.6 Å². The summed E-state index contributed by atoms with van der Waals surface area (Å²) in [5.74, 6) is -14.7. The van der Waals surface area contributed by atoms with Gasteiger partial charge >= 0.3 is 5.92 Å². The van der Waals surface area contributed by atoms with Gasteiger partial charge in [0.05, 0.1) is 12.0 Å². The average Bonchev–Trinajstić information content (AvgIpc) is 3.25. The second-order valence-electron chi connectivity index (χ2n) is 9.72. The van der Waals surface area contributed by atoms with Gasteiger partial charge in [-0.25, -0.2) is 13.2 Å². The normalized spacial score (nSPS) is 27.5. The van der Waals surface area contributed by atoms with Crippen molar-refractivity contribution in [1.82, 2.24) is 15.5 Å². The van der Waals surface area contributed by atoms with Gasteiger partial charge in [0, 0.05) is 35.5 Å². The summed E-state index contributed by atoms with van der Waals surface area (Å²) in [6, 6.07) is -0.585. The van der Waals surface area contributed by atoms with E-state index in [1.54, 1.807) is 0 Å². The molecular formula is C24H25ClF5N3O4. The van der Waals surface area contributed by atoms with Gasteiger partial charge in [-0.2, -0.15) is 8.78 Å². The number of alkyl halides is 5. The van der Waals surface area contributed by atoms with Crippen LogP contribution < -0.4 is 10.6 Å². The van der Waals surface area contributed by atoms with Crippen LogP contribution in [0.25, 0.3) is 0 Å². The van der Waals surface area contributed by atoms with Gasteiger partial charge in [0.1, 0.15) is 12.7 Å². The fraction of sp³-hybridized carbons (Fsp3) is 0.583. The van der Waals surface area contributed by atoms with Crippen molar-refractivity contribution < 1.29 is 41.1 Å². The molecule has 0 unspecified atom stereocenters. The van der Waals surface area contributed by atoms with Crippen molar-refractivity contribution in [2.24, 2.45) is 11.8 Å². The van der Waals surface area contributed by atoms with Crippen LogP contribution in [0.1, 0.15) is 37.7 Å². The minimum atomic E-state index is -4.19. The highest BCUT2D eigenvalue weighted by molar-refractivity contribution is 6.30. The topological polar surface area (TPSA) is 95.6 Å². The summed E-state index contributed by atoms with van der Waals surface area (Å²) in [5.41, 5.74) is -0.768. The Morgan fingerprint density at radius 3 is 2.54 bits per heavy atom. The van der Waals surface area contributed by atoms with Crippen LogP contribution in [0.5, 0.6) is 0 Å². The Balaban J connectivity index is 1.64. The number of rotatable bonds is 8. The fourth-order valence-corrected chi connectivity index (χ4v) is 5.73. The van der Waals surface area contributed by atoms with E-state index < -0.39 is 84.0 Å². The number of ketones is 1. The standard InChI is InChI=1S/C24H25ClF5N3O4/c25-14-3-1-2-13(9-14)24(29,30)22(37)33-15-4-5-16(23(27,28)10-15)19(33)21(36)32-17(18(34)11-26)8-12-6-7-31-20(12)35/h1-3,9,12,15-17,19H,4-8,10-11H2,(H,31,35)(H,32,36)/t12-,15-,16-,17+,19-/m0/s1. The number of nitrogens with one attached hydrogen (secondary N) is 2. The summed E-state index contributed by atoms with van der Waals surface area (Å²) in [7, 11) is 0. The molecule has 1 aliphatic carbocycles. The summed E-state index contributed by atoms with van der Waals surface area (Å²) in [5, 5.41) is 4.65. The summed E-state index contributed by atoms with van der Waals surface area (Å²) >= 11 is 5.79. The van der Waals surface area contributed by atoms with Crippen molar-refractivity contribution in [2.45, 2.75) is 62.1 Å². The van der Waals surface area contributed by atoms with Crippen molar-refractivity contribution >= 4 is 35.1 Å². The van der Waals surface area contributed by atoms with Gasteiger partial charge in [-0.15, -0.1) is 0 Å². The molecule has 0 aromatic heterocycles. The van der Waals surface area contributed by atoms with Gasteiger partial charge in [0.25, 0.3) is 11.8 Å². The van der Waals surface area contributed by atoms with Crippen LogP contribution in [0.3, 0.4) is 0 Å². The van der Waals surface area contributed by atoms with Gasteiger partial charge in [-0.1, -0.05) is 23.7 Å². The van der Waals surface area contributed by atoms with Gasteiger partial charge in [0.15, 0.2) is 5.78 Å². The van der Waals surface area contributed by atoms with Crippen molar-refractivity contribution in [3.05, 3.63) is 34.9 Å². The molecule has 5 rings (SSSR count). The first kappa shape index (κ1) is 27.3. The number of carbonyl (C=O) groups is 4. The molecule has 0 radical (unpaired) electrons. The zero-order valence-corrected chi connectivity index (χ0v) is 20.2. The highest BCUT2D eigenvalue weighted by atomic mass is 35.5. The molecule has 1 aromatic carbocycles. The van der Waals surface area contributed by atoms with Gasteiger partial charge in [-0.05, 0) is 37.8 Å². The molecular weight excluding hydrogens is 525 g/mol. The Labute approximate surface area is 214 Å². The predicted molar refractivity (Wildman–Crippen MR) is 121 cm³/mol. The molecule has 3 aliphatic heterocycles. The number of carbonyl (C=O) groups excluding carboxylic acids is 4. The largest absolute Gasteiger partial charge is 0.356 e. The number of hydrogen-bond acceptors (Lipinski definition) is 4. The number of amides is 3. The van der Waals surface area contributed by atoms with Gasteiger partial charge < -0.3 is 15.5 Å². The smallest absolute Gasteiger partial charge is 0.350 e. The third-order valence-electron chi connectivity index (χ3n) is 7.41. The Morgan fingerprint density at radius 1 is 1.22 bits per heavy atom. The van der Waals surface area contributed by atoms with Crippen LogP contribution in [0.4, 0.5) is 22.0 Å². The molecule has 4 aliphatic rings. The molecule has 0 spiro atoms. The van der Waals surface area contributed by atoms with Crippen LogP contribution in [-0.2, 0) is 25.1 Å². The van der Waals surface area contributed by atoms with E-state index in [9.17, 15) is 32.3 Å². The fourth-order valence-electron chi connectivity index (χ4n) is 5.54. The average molecular weight is 550 g/mol. The van der Waals surface area contributed by atoms with Crippen LogP contribution in [-0.4, -0.2) is 65.7 Å². The SMILES string of the molecule is O=C1NCC[C@H]1C[C@@H](NC(=O)[C@@H]1[C@@H]2CC[C@@H](CC2(F)F)N1C(=O)C(F)(F)c1cccc(Cl)c1)C(=O)CF. The Kier molecular flexibility index (Phi) is 7.51. The second kappa shape index (κ2) is 10.2. The monoisotopic (exact) mass is 549 g/mol. The summed E-state index contributed by atoms with van der Waals surface area (Å²) in [4.78, 5) is 51.1. The van der Waals surface area contributed by atoms with E-state index in [0.29, 0.717) is 17.9 Å². The number of Topliss-reactive ketones (excluding diaryl/α,β-unsaturated/α-hetero) is 1. The van der Waals surface area contributed by atoms with E-state index in [0.717, 1.165) is 12.1 Å². The first-order valence-electron chi connectivity index (χ1n) is 11.9. The minimum absolute atomic E-state index is 0.0174. The lowest BCUT2D eigenvalue weighted by molar-refractivity contribution is -0.207. The molecule has 4 fully saturated rings. The van der Waals surface area contributed by atoms with E-state index >= 15 is 8.78 Å². The molecule has 2 bridgehead atoms. The molecule has 37 heavy (non-hydrogen) atoms. The molecule has 3 amide bonds. The van der Waals surface area contributed by atoms with Crippen molar-refractivity contribution in [3.63, 3.8) is 0 Å². The van der Waals surface area contributed by atoms with Gasteiger partial charge in [0.2, 0.25) is 11.8 Å². The highest BCUT2D eigenvalue weighted by Gasteiger charge is 2.63. The Morgan fingerprint density at radius 2 is 1.95 bits per heavy atom. The Bertz CT molecular complexity index is 1100. The maximum absolute atomic E-state index is 15.3. The summed E-state index contributed by atoms with van der Waals surface area (Å²) < 4.78 is 73.6. The first-order valence-corrected chi connectivity index (χ1v) is 12.3. The number of halogens is 6. The third kappa shape index (κ3) is 5.17. The van der Waals surface area contributed by atoms with E-state index in [1.165, 1.54) is 12.1 Å². The third-order valence-corrected chi connectivity index (χ3v) is 7.65. The number of fused-ring (bicyclic) bond motifs is 3. The lowest BCUT2D eigenvalue weighted by Crippen LogP contribution is -2.70. The molecule has 2 N–H and O–H groups in total. The molecule has 3 saturated heterocycles. The zero-order chi connectivity index (χ0) is 27.1. The zero-order valence-electron chi connectivity index (χ0n) is 19.5. The summed E-state index contributed by atoms with van der Waals surface area (Å²) in [6.45, 7) is -1.19. The molecule has 13 heteroatoms. The summed E-state index contributed by atoms with van der Waals surface area (Å²) in [6.07, 6.45) is -1.10. The van der Waals surface area contributed by atoms with Crippen LogP contribution in [0.2, 0.25) is 5.02 Å².